The molecule has 2 aromatic carbocycles. The zero-order chi connectivity index (χ0) is 22.5. The second-order valence-electron chi connectivity index (χ2n) is 7.11. The van der Waals surface area contributed by atoms with Crippen LogP contribution < -0.4 is 10.6 Å². The fraction of sp³-hybridized carbons (Fsp3) is 0.273. The average molecular weight is 549 g/mol. The van der Waals surface area contributed by atoms with Crippen molar-refractivity contribution in [1.82, 2.24) is 19.7 Å². The Morgan fingerprint density at radius 1 is 1.13 bits per heavy atom. The van der Waals surface area contributed by atoms with E-state index in [4.69, 9.17) is 12.2 Å². The normalized spacial score (nSPS) is 10.7. The standard InChI is InChI=1S/C22H24IN5O2S/c1-4-27-19(12-24-21(30)17-8-6-5-7-14(17)2)26-28(22(27)31)13-20(29)25-18-10-9-16(23)11-15(18)3/h5-11H,4,12-13H2,1-3H3,(H,24,30)(H,25,29). The van der Waals surface area contributed by atoms with E-state index in [1.165, 1.54) is 4.68 Å². The Bertz CT molecular complexity index is 1180. The van der Waals surface area contributed by atoms with Gasteiger partial charge in [-0.2, -0.15) is 5.10 Å². The molecule has 0 fully saturated rings. The number of rotatable bonds is 7. The number of hydrogen-bond donors (Lipinski definition) is 2. The summed E-state index contributed by atoms with van der Waals surface area (Å²) in [6.45, 7) is 6.59. The molecule has 0 bridgehead atoms. The number of nitrogens with one attached hydrogen (secondary N) is 2. The Balaban J connectivity index is 1.71. The predicted molar refractivity (Wildman–Crippen MR) is 132 cm³/mol. The molecule has 1 heterocycles. The number of nitrogens with zero attached hydrogens (tertiary/aromatic N) is 3. The van der Waals surface area contributed by atoms with Crippen LogP contribution >= 0.6 is 34.8 Å². The summed E-state index contributed by atoms with van der Waals surface area (Å²) in [4.78, 5) is 25.1. The van der Waals surface area contributed by atoms with Crippen LogP contribution in [0.5, 0.6) is 0 Å². The van der Waals surface area contributed by atoms with Gasteiger partial charge < -0.3 is 15.2 Å². The number of anilines is 1. The summed E-state index contributed by atoms with van der Waals surface area (Å²) in [5, 5.41) is 10.3. The quantitative estimate of drug-likeness (QED) is 0.342. The molecule has 0 unspecified atom stereocenters. The molecular formula is C22H24IN5O2S. The third kappa shape index (κ3) is 5.59. The molecule has 3 aromatic rings. The van der Waals surface area contributed by atoms with Gasteiger partial charge in [-0.15, -0.1) is 0 Å². The number of aryl methyl sites for hydroxylation is 2. The Labute approximate surface area is 200 Å². The summed E-state index contributed by atoms with van der Waals surface area (Å²) in [6.07, 6.45) is 0. The molecule has 9 heteroatoms. The second kappa shape index (κ2) is 10.2. The molecule has 7 nitrogen and oxygen atoms in total. The molecule has 1 aromatic heterocycles. The molecule has 0 atom stereocenters. The van der Waals surface area contributed by atoms with E-state index in [0.29, 0.717) is 22.7 Å². The van der Waals surface area contributed by atoms with Crippen LogP contribution in [-0.2, 0) is 24.4 Å². The lowest BCUT2D eigenvalue weighted by Crippen LogP contribution is -2.25. The molecule has 31 heavy (non-hydrogen) atoms. The largest absolute Gasteiger partial charge is 0.345 e. The van der Waals surface area contributed by atoms with Gasteiger partial charge in [0.1, 0.15) is 6.54 Å². The molecular weight excluding hydrogens is 525 g/mol. The van der Waals surface area contributed by atoms with Crippen LogP contribution in [0.1, 0.15) is 34.2 Å². The van der Waals surface area contributed by atoms with E-state index in [1.54, 1.807) is 6.07 Å². The van der Waals surface area contributed by atoms with E-state index >= 15 is 0 Å². The SMILES string of the molecule is CCn1c(CNC(=O)c2ccccc2C)nn(CC(=O)Nc2ccc(I)cc2C)c1=S. The van der Waals surface area contributed by atoms with Crippen LogP contribution in [0.25, 0.3) is 0 Å². The highest BCUT2D eigenvalue weighted by Gasteiger charge is 2.15. The summed E-state index contributed by atoms with van der Waals surface area (Å²) >= 11 is 7.74. The summed E-state index contributed by atoms with van der Waals surface area (Å²) < 4.78 is 4.86. The summed E-state index contributed by atoms with van der Waals surface area (Å²) in [7, 11) is 0. The van der Waals surface area contributed by atoms with Crippen molar-refractivity contribution < 1.29 is 9.59 Å². The van der Waals surface area contributed by atoms with Gasteiger partial charge in [-0.05, 0) is 91.0 Å². The molecule has 162 valence electrons. The number of carbonyl (C=O) groups excluding carboxylic acids is 2. The van der Waals surface area contributed by atoms with E-state index in [9.17, 15) is 9.59 Å². The first-order valence-electron chi connectivity index (χ1n) is 9.86. The molecule has 2 amide bonds. The number of amides is 2. The van der Waals surface area contributed by atoms with Crippen molar-refractivity contribution in [3.8, 4) is 0 Å². The second-order valence-corrected chi connectivity index (χ2v) is 8.72. The first kappa shape index (κ1) is 23.1. The first-order chi connectivity index (χ1) is 14.8. The van der Waals surface area contributed by atoms with Gasteiger partial charge in [0, 0.05) is 21.4 Å². The van der Waals surface area contributed by atoms with Crippen LogP contribution in [0.2, 0.25) is 0 Å². The third-order valence-electron chi connectivity index (χ3n) is 4.87. The Morgan fingerprint density at radius 2 is 1.87 bits per heavy atom. The van der Waals surface area contributed by atoms with Crippen LogP contribution in [0.15, 0.2) is 42.5 Å². The van der Waals surface area contributed by atoms with Gasteiger partial charge in [0.15, 0.2) is 10.6 Å². The minimum atomic E-state index is -0.211. The number of benzene rings is 2. The molecule has 0 radical (unpaired) electrons. The lowest BCUT2D eigenvalue weighted by atomic mass is 10.1. The van der Waals surface area contributed by atoms with Crippen molar-refractivity contribution in [2.45, 2.75) is 40.4 Å². The van der Waals surface area contributed by atoms with E-state index in [-0.39, 0.29) is 24.9 Å². The van der Waals surface area contributed by atoms with Crippen molar-refractivity contribution in [3.05, 3.63) is 73.3 Å². The van der Waals surface area contributed by atoms with Crippen molar-refractivity contribution >= 4 is 52.3 Å². The lowest BCUT2D eigenvalue weighted by Gasteiger charge is -2.08. The van der Waals surface area contributed by atoms with Gasteiger partial charge in [0.25, 0.3) is 5.91 Å². The molecule has 0 aliphatic carbocycles. The smallest absolute Gasteiger partial charge is 0.251 e. The zero-order valence-electron chi connectivity index (χ0n) is 17.6. The van der Waals surface area contributed by atoms with Gasteiger partial charge in [-0.25, -0.2) is 4.68 Å². The summed E-state index contributed by atoms with van der Waals surface area (Å²) in [6, 6.07) is 13.2. The monoisotopic (exact) mass is 549 g/mol. The average Bonchev–Trinajstić information content (AvgIpc) is 3.03. The Kier molecular flexibility index (Phi) is 7.60. The number of halogens is 1. The van der Waals surface area contributed by atoms with Crippen molar-refractivity contribution in [2.24, 2.45) is 0 Å². The lowest BCUT2D eigenvalue weighted by molar-refractivity contribution is -0.116. The van der Waals surface area contributed by atoms with E-state index in [2.05, 4.69) is 38.3 Å². The first-order valence-corrected chi connectivity index (χ1v) is 11.3. The molecule has 0 aliphatic heterocycles. The number of carbonyl (C=O) groups is 2. The van der Waals surface area contributed by atoms with Gasteiger partial charge in [0.2, 0.25) is 5.91 Å². The Morgan fingerprint density at radius 3 is 2.55 bits per heavy atom. The minimum Gasteiger partial charge on any atom is -0.345 e. The van der Waals surface area contributed by atoms with Crippen molar-refractivity contribution in [1.29, 1.82) is 0 Å². The van der Waals surface area contributed by atoms with Crippen LogP contribution in [0, 0.1) is 22.2 Å². The van der Waals surface area contributed by atoms with Gasteiger partial charge in [0.05, 0.1) is 6.54 Å². The van der Waals surface area contributed by atoms with Crippen LogP contribution in [0.3, 0.4) is 0 Å². The maximum atomic E-state index is 12.6. The molecule has 3 rings (SSSR count). The van der Waals surface area contributed by atoms with Gasteiger partial charge in [-0.3, -0.25) is 9.59 Å². The van der Waals surface area contributed by atoms with E-state index < -0.39 is 0 Å². The maximum absolute atomic E-state index is 12.6. The minimum absolute atomic E-state index is 0.00397. The zero-order valence-corrected chi connectivity index (χ0v) is 20.6. The van der Waals surface area contributed by atoms with Crippen molar-refractivity contribution in [2.75, 3.05) is 5.32 Å². The number of hydrogen-bond acceptors (Lipinski definition) is 4. The molecule has 0 spiro atoms. The third-order valence-corrected chi connectivity index (χ3v) is 5.97. The fourth-order valence-corrected chi connectivity index (χ4v) is 4.20. The molecule has 2 N–H and O–H groups in total. The highest BCUT2D eigenvalue weighted by Crippen LogP contribution is 2.17. The molecule has 0 aliphatic rings. The number of aromatic nitrogens is 3. The van der Waals surface area contributed by atoms with E-state index in [0.717, 1.165) is 20.4 Å². The topological polar surface area (TPSA) is 81.0 Å². The maximum Gasteiger partial charge on any atom is 0.251 e. The molecule has 0 saturated carbocycles. The van der Waals surface area contributed by atoms with Gasteiger partial charge in [-0.1, -0.05) is 18.2 Å². The highest BCUT2D eigenvalue weighted by atomic mass is 127. The van der Waals surface area contributed by atoms with E-state index in [1.807, 2.05) is 61.7 Å². The Hall–Kier alpha value is -2.53. The summed E-state index contributed by atoms with van der Waals surface area (Å²) in [5.74, 6) is 0.220. The van der Waals surface area contributed by atoms with Gasteiger partial charge >= 0.3 is 0 Å². The van der Waals surface area contributed by atoms with Crippen LogP contribution in [0.4, 0.5) is 5.69 Å². The summed E-state index contributed by atoms with van der Waals surface area (Å²) in [5.41, 5.74) is 3.27. The van der Waals surface area contributed by atoms with Crippen molar-refractivity contribution in [3.63, 3.8) is 0 Å². The predicted octanol–water partition coefficient (Wildman–Crippen LogP) is 4.22. The molecule has 0 saturated heterocycles. The highest BCUT2D eigenvalue weighted by molar-refractivity contribution is 14.1. The fourth-order valence-electron chi connectivity index (χ4n) is 3.21. The van der Waals surface area contributed by atoms with Crippen LogP contribution in [-0.4, -0.2) is 26.2 Å².